The Balaban J connectivity index is 2.06. The minimum atomic E-state index is -0.323. The molecular weight excluding hydrogens is 256 g/mol. The molecule has 104 valence electrons. The second-order valence-corrected chi connectivity index (χ2v) is 4.78. The summed E-state index contributed by atoms with van der Waals surface area (Å²) in [4.78, 5) is 11.8. The molecule has 0 saturated heterocycles. The van der Waals surface area contributed by atoms with Crippen molar-refractivity contribution in [2.75, 3.05) is 0 Å². The Labute approximate surface area is 115 Å². The Hall–Kier alpha value is -2.27. The predicted octanol–water partition coefficient (Wildman–Crippen LogP) is 2.65. The summed E-state index contributed by atoms with van der Waals surface area (Å²) < 4.78 is 12.0. The first kappa shape index (κ1) is 12.7. The van der Waals surface area contributed by atoms with Crippen LogP contribution in [-0.4, -0.2) is 4.57 Å². The fourth-order valence-electron chi connectivity index (χ4n) is 2.36. The van der Waals surface area contributed by atoms with Crippen LogP contribution in [0.25, 0.3) is 11.1 Å². The highest BCUT2D eigenvalue weighted by Gasteiger charge is 2.14. The van der Waals surface area contributed by atoms with Crippen molar-refractivity contribution < 1.29 is 8.83 Å². The summed E-state index contributed by atoms with van der Waals surface area (Å²) in [5, 5.41) is 0. The maximum atomic E-state index is 11.8. The van der Waals surface area contributed by atoms with Crippen LogP contribution in [0.15, 0.2) is 50.4 Å². The van der Waals surface area contributed by atoms with E-state index in [4.69, 9.17) is 14.6 Å². The van der Waals surface area contributed by atoms with Crippen molar-refractivity contribution in [2.24, 2.45) is 5.73 Å². The van der Waals surface area contributed by atoms with Gasteiger partial charge in [0.1, 0.15) is 0 Å². The number of nitrogens with two attached hydrogens (primary N) is 1. The van der Waals surface area contributed by atoms with Crippen molar-refractivity contribution in [1.29, 1.82) is 0 Å². The van der Waals surface area contributed by atoms with Crippen molar-refractivity contribution in [1.82, 2.24) is 4.57 Å². The van der Waals surface area contributed by atoms with E-state index in [9.17, 15) is 4.79 Å². The highest BCUT2D eigenvalue weighted by molar-refractivity contribution is 5.74. The number of nitrogens with zero attached hydrogens (tertiary/aromatic N) is 1. The monoisotopic (exact) mass is 272 g/mol. The third-order valence-electron chi connectivity index (χ3n) is 3.40. The smallest absolute Gasteiger partial charge is 0.419 e. The maximum absolute atomic E-state index is 11.8. The van der Waals surface area contributed by atoms with Gasteiger partial charge in [0.15, 0.2) is 5.58 Å². The highest BCUT2D eigenvalue weighted by atomic mass is 16.4. The number of benzene rings is 1. The molecule has 3 rings (SSSR count). The van der Waals surface area contributed by atoms with E-state index >= 15 is 0 Å². The summed E-state index contributed by atoms with van der Waals surface area (Å²) in [5.41, 5.74) is 9.32. The second kappa shape index (κ2) is 5.02. The molecule has 0 saturated carbocycles. The summed E-state index contributed by atoms with van der Waals surface area (Å²) in [5.74, 6) is -0.323. The van der Waals surface area contributed by atoms with Gasteiger partial charge in [0.05, 0.1) is 24.1 Å². The number of hydrogen-bond donors (Lipinski definition) is 1. The molecule has 1 unspecified atom stereocenters. The van der Waals surface area contributed by atoms with Crippen LogP contribution in [0.4, 0.5) is 0 Å². The molecule has 0 aliphatic rings. The van der Waals surface area contributed by atoms with E-state index in [1.54, 1.807) is 17.1 Å². The predicted molar refractivity (Wildman–Crippen MR) is 75.5 cm³/mol. The van der Waals surface area contributed by atoms with Gasteiger partial charge in [0.2, 0.25) is 0 Å². The average molecular weight is 272 g/mol. The number of rotatable bonds is 4. The van der Waals surface area contributed by atoms with E-state index in [0.29, 0.717) is 12.1 Å². The molecule has 0 aliphatic heterocycles. The summed E-state index contributed by atoms with van der Waals surface area (Å²) in [6, 6.07) is 7.15. The van der Waals surface area contributed by atoms with Crippen LogP contribution >= 0.6 is 0 Å². The Morgan fingerprint density at radius 3 is 2.85 bits per heavy atom. The minimum absolute atomic E-state index is 0.294. The molecule has 2 N–H and O–H groups in total. The van der Waals surface area contributed by atoms with Gasteiger partial charge in [-0.2, -0.15) is 0 Å². The molecule has 1 atom stereocenters. The first-order chi connectivity index (χ1) is 9.70. The zero-order valence-electron chi connectivity index (χ0n) is 11.2. The van der Waals surface area contributed by atoms with Crippen molar-refractivity contribution in [3.63, 3.8) is 0 Å². The molecule has 0 amide bonds. The molecule has 0 bridgehead atoms. The molecule has 3 aromatic rings. The molecule has 5 nitrogen and oxygen atoms in total. The fraction of sp³-hybridized carbons (Fsp3) is 0.267. The number of oxazole rings is 1. The zero-order chi connectivity index (χ0) is 14.1. The molecule has 2 aromatic heterocycles. The molecule has 0 fully saturated rings. The second-order valence-electron chi connectivity index (χ2n) is 4.78. The third kappa shape index (κ3) is 2.06. The van der Waals surface area contributed by atoms with Crippen LogP contribution in [0.1, 0.15) is 30.5 Å². The lowest BCUT2D eigenvalue weighted by molar-refractivity contribution is 0.502. The number of hydrogen-bond acceptors (Lipinski definition) is 4. The van der Waals surface area contributed by atoms with E-state index in [1.165, 1.54) is 0 Å². The third-order valence-corrected chi connectivity index (χ3v) is 3.40. The van der Waals surface area contributed by atoms with Gasteiger partial charge in [0.25, 0.3) is 0 Å². The van der Waals surface area contributed by atoms with Crippen LogP contribution in [0.5, 0.6) is 0 Å². The molecule has 5 heteroatoms. The van der Waals surface area contributed by atoms with Gasteiger partial charge in [-0.3, -0.25) is 4.57 Å². The van der Waals surface area contributed by atoms with Gasteiger partial charge in [-0.05, 0) is 30.2 Å². The van der Waals surface area contributed by atoms with Crippen molar-refractivity contribution in [3.8, 4) is 0 Å². The van der Waals surface area contributed by atoms with E-state index in [-0.39, 0.29) is 11.8 Å². The Bertz CT molecular complexity index is 768. The first-order valence-electron chi connectivity index (χ1n) is 6.61. The van der Waals surface area contributed by atoms with E-state index in [2.05, 4.69) is 0 Å². The van der Waals surface area contributed by atoms with Crippen LogP contribution in [0, 0.1) is 0 Å². The minimum Gasteiger partial charge on any atom is -0.472 e. The van der Waals surface area contributed by atoms with Gasteiger partial charge < -0.3 is 14.6 Å². The standard InChI is InChI=1S/C15H16N2O3/c1-2-6-17-12-4-3-10(8-13(12)20-15(17)18)14(16)11-5-7-19-9-11/h3-5,7-9,14H,2,6,16H2,1H3. The molecule has 2 heterocycles. The average Bonchev–Trinajstić information content (AvgIpc) is 3.07. The number of aryl methyl sites for hydroxylation is 1. The maximum Gasteiger partial charge on any atom is 0.419 e. The van der Waals surface area contributed by atoms with E-state index < -0.39 is 0 Å². The summed E-state index contributed by atoms with van der Waals surface area (Å²) >= 11 is 0. The first-order valence-corrected chi connectivity index (χ1v) is 6.61. The van der Waals surface area contributed by atoms with E-state index in [1.807, 2.05) is 31.2 Å². The molecular formula is C15H16N2O3. The number of aromatic nitrogens is 1. The summed E-state index contributed by atoms with van der Waals surface area (Å²) in [7, 11) is 0. The van der Waals surface area contributed by atoms with Gasteiger partial charge in [-0.1, -0.05) is 13.0 Å². The Morgan fingerprint density at radius 1 is 1.30 bits per heavy atom. The van der Waals surface area contributed by atoms with Crippen molar-refractivity contribution in [2.45, 2.75) is 25.9 Å². The lowest BCUT2D eigenvalue weighted by Crippen LogP contribution is -2.13. The molecule has 0 aliphatic carbocycles. The van der Waals surface area contributed by atoms with Gasteiger partial charge in [-0.15, -0.1) is 0 Å². The fourth-order valence-corrected chi connectivity index (χ4v) is 2.36. The van der Waals surface area contributed by atoms with Gasteiger partial charge in [0, 0.05) is 12.1 Å². The van der Waals surface area contributed by atoms with Crippen LogP contribution in [0.3, 0.4) is 0 Å². The normalized spacial score (nSPS) is 12.9. The van der Waals surface area contributed by atoms with Gasteiger partial charge >= 0.3 is 5.76 Å². The molecule has 1 aromatic carbocycles. The Kier molecular flexibility index (Phi) is 3.20. The summed E-state index contributed by atoms with van der Waals surface area (Å²) in [6.45, 7) is 2.67. The van der Waals surface area contributed by atoms with Crippen LogP contribution < -0.4 is 11.5 Å². The highest BCUT2D eigenvalue weighted by Crippen LogP contribution is 2.23. The topological polar surface area (TPSA) is 74.3 Å². The lowest BCUT2D eigenvalue weighted by Gasteiger charge is -2.09. The lowest BCUT2D eigenvalue weighted by atomic mass is 10.0. The quantitative estimate of drug-likeness (QED) is 0.792. The molecule has 20 heavy (non-hydrogen) atoms. The molecule has 0 radical (unpaired) electrons. The van der Waals surface area contributed by atoms with Crippen LogP contribution in [0.2, 0.25) is 0 Å². The Morgan fingerprint density at radius 2 is 2.15 bits per heavy atom. The molecule has 0 spiro atoms. The number of fused-ring (bicyclic) bond motifs is 1. The summed E-state index contributed by atoms with van der Waals surface area (Å²) in [6.07, 6.45) is 4.09. The van der Waals surface area contributed by atoms with E-state index in [0.717, 1.165) is 23.1 Å². The van der Waals surface area contributed by atoms with Crippen molar-refractivity contribution >= 4 is 11.1 Å². The van der Waals surface area contributed by atoms with Gasteiger partial charge in [-0.25, -0.2) is 4.79 Å². The number of furan rings is 1. The SMILES string of the molecule is CCCn1c(=O)oc2cc(C(N)c3ccoc3)ccc21. The zero-order valence-corrected chi connectivity index (χ0v) is 11.2. The largest absolute Gasteiger partial charge is 0.472 e. The van der Waals surface area contributed by atoms with Crippen LogP contribution in [-0.2, 0) is 6.54 Å². The van der Waals surface area contributed by atoms with Crippen molar-refractivity contribution in [3.05, 3.63) is 58.5 Å².